The van der Waals surface area contributed by atoms with Crippen molar-refractivity contribution in [3.05, 3.63) is 23.1 Å². The molecule has 1 aromatic rings. The highest BCUT2D eigenvalue weighted by Gasteiger charge is 2.30. The van der Waals surface area contributed by atoms with Gasteiger partial charge in [0.1, 0.15) is 0 Å². The molecule has 0 N–H and O–H groups in total. The van der Waals surface area contributed by atoms with Gasteiger partial charge in [-0.25, -0.2) is 0 Å². The lowest BCUT2D eigenvalue weighted by atomic mass is 9.98. The zero-order chi connectivity index (χ0) is 13.8. The summed E-state index contributed by atoms with van der Waals surface area (Å²) in [5.41, 5.74) is 0. The van der Waals surface area contributed by atoms with E-state index < -0.39 is 0 Å². The van der Waals surface area contributed by atoms with Gasteiger partial charge in [0, 0.05) is 13.1 Å². The highest BCUT2D eigenvalue weighted by molar-refractivity contribution is 6.29. The first-order chi connectivity index (χ1) is 9.11. The zero-order valence-corrected chi connectivity index (χ0v) is 11.5. The second-order valence-electron chi connectivity index (χ2n) is 4.45. The van der Waals surface area contributed by atoms with Crippen LogP contribution in [0.5, 0.6) is 0 Å². The molecule has 1 aliphatic heterocycles. The summed E-state index contributed by atoms with van der Waals surface area (Å²) < 4.78 is 10.1. The number of nitrogens with zero attached hydrogens (tertiary/aromatic N) is 1. The van der Waals surface area contributed by atoms with Crippen molar-refractivity contribution in [1.29, 1.82) is 0 Å². The quantitative estimate of drug-likeness (QED) is 0.800. The predicted molar refractivity (Wildman–Crippen MR) is 69.0 cm³/mol. The monoisotopic (exact) mass is 285 g/mol. The van der Waals surface area contributed by atoms with Gasteiger partial charge in [-0.2, -0.15) is 0 Å². The highest BCUT2D eigenvalue weighted by atomic mass is 35.5. The Morgan fingerprint density at radius 2 is 2.32 bits per heavy atom. The number of ether oxygens (including phenoxy) is 1. The van der Waals surface area contributed by atoms with Gasteiger partial charge in [-0.15, -0.1) is 0 Å². The van der Waals surface area contributed by atoms with Gasteiger partial charge in [-0.3, -0.25) is 9.59 Å². The Labute approximate surface area is 116 Å². The summed E-state index contributed by atoms with van der Waals surface area (Å²) >= 11 is 5.65. The molecule has 0 radical (unpaired) electrons. The van der Waals surface area contributed by atoms with E-state index in [-0.39, 0.29) is 28.8 Å². The van der Waals surface area contributed by atoms with Crippen LogP contribution in [0.1, 0.15) is 30.3 Å². The fraction of sp³-hybridized carbons (Fsp3) is 0.538. The standard InChI is InChI=1S/C13H16ClNO4/c1-2-18-13(17)9-4-3-7-15(8-9)12(16)10-5-6-11(14)19-10/h5-6,9H,2-4,7-8H2,1H3/t9-/m1/s1. The van der Waals surface area contributed by atoms with E-state index in [1.165, 1.54) is 6.07 Å². The SMILES string of the molecule is CCOC(=O)[C@@H]1CCCN(C(=O)c2ccc(Cl)o2)C1. The van der Waals surface area contributed by atoms with Crippen LogP contribution in [-0.2, 0) is 9.53 Å². The van der Waals surface area contributed by atoms with Crippen molar-refractivity contribution in [2.75, 3.05) is 19.7 Å². The van der Waals surface area contributed by atoms with Crippen LogP contribution >= 0.6 is 11.6 Å². The van der Waals surface area contributed by atoms with Gasteiger partial charge in [-0.05, 0) is 43.5 Å². The Kier molecular flexibility index (Phi) is 4.47. The Balaban J connectivity index is 2.01. The maximum atomic E-state index is 12.2. The average Bonchev–Trinajstić information content (AvgIpc) is 2.85. The first-order valence-electron chi connectivity index (χ1n) is 6.33. The Bertz CT molecular complexity index is 471. The van der Waals surface area contributed by atoms with Crippen LogP contribution in [0.2, 0.25) is 5.22 Å². The topological polar surface area (TPSA) is 59.8 Å². The van der Waals surface area contributed by atoms with E-state index in [4.69, 9.17) is 20.8 Å². The molecule has 1 aromatic heterocycles. The number of likely N-dealkylation sites (tertiary alicyclic amines) is 1. The summed E-state index contributed by atoms with van der Waals surface area (Å²) in [5.74, 6) is -0.518. The average molecular weight is 286 g/mol. The van der Waals surface area contributed by atoms with Crippen LogP contribution in [0.15, 0.2) is 16.5 Å². The molecular weight excluding hydrogens is 270 g/mol. The van der Waals surface area contributed by atoms with E-state index in [0.717, 1.165) is 12.8 Å². The van der Waals surface area contributed by atoms with Crippen LogP contribution < -0.4 is 0 Å². The number of carbonyl (C=O) groups excluding carboxylic acids is 2. The number of amides is 1. The van der Waals surface area contributed by atoms with E-state index >= 15 is 0 Å². The van der Waals surface area contributed by atoms with Crippen molar-refractivity contribution in [2.45, 2.75) is 19.8 Å². The zero-order valence-electron chi connectivity index (χ0n) is 10.7. The van der Waals surface area contributed by atoms with Crippen LogP contribution in [0.25, 0.3) is 0 Å². The number of furan rings is 1. The second kappa shape index (κ2) is 6.10. The molecule has 104 valence electrons. The molecule has 19 heavy (non-hydrogen) atoms. The van der Waals surface area contributed by atoms with E-state index in [2.05, 4.69) is 0 Å². The molecule has 1 aliphatic rings. The van der Waals surface area contributed by atoms with Crippen molar-refractivity contribution in [2.24, 2.45) is 5.92 Å². The minimum absolute atomic E-state index is 0.183. The smallest absolute Gasteiger partial charge is 0.310 e. The van der Waals surface area contributed by atoms with Gasteiger partial charge in [0.15, 0.2) is 11.0 Å². The Morgan fingerprint density at radius 3 is 2.95 bits per heavy atom. The number of piperidine rings is 1. The summed E-state index contributed by atoms with van der Waals surface area (Å²) in [6.45, 7) is 3.12. The minimum atomic E-state index is -0.247. The van der Waals surface area contributed by atoms with Crippen LogP contribution in [-0.4, -0.2) is 36.5 Å². The number of hydrogen-bond acceptors (Lipinski definition) is 4. The van der Waals surface area contributed by atoms with Gasteiger partial charge >= 0.3 is 5.97 Å². The summed E-state index contributed by atoms with van der Waals surface area (Å²) in [6, 6.07) is 3.07. The summed E-state index contributed by atoms with van der Waals surface area (Å²) in [4.78, 5) is 25.5. The third-order valence-electron chi connectivity index (χ3n) is 3.11. The largest absolute Gasteiger partial charge is 0.466 e. The molecule has 1 atom stereocenters. The third kappa shape index (κ3) is 3.29. The molecular formula is C13H16ClNO4. The third-order valence-corrected chi connectivity index (χ3v) is 3.32. The molecule has 5 nitrogen and oxygen atoms in total. The lowest BCUT2D eigenvalue weighted by Gasteiger charge is -2.30. The number of halogens is 1. The molecule has 0 bridgehead atoms. The van der Waals surface area contributed by atoms with Crippen molar-refractivity contribution in [3.63, 3.8) is 0 Å². The maximum absolute atomic E-state index is 12.2. The minimum Gasteiger partial charge on any atom is -0.466 e. The van der Waals surface area contributed by atoms with E-state index in [1.54, 1.807) is 17.9 Å². The van der Waals surface area contributed by atoms with Gasteiger partial charge < -0.3 is 14.1 Å². The molecule has 0 unspecified atom stereocenters. The number of carbonyl (C=O) groups is 2. The number of rotatable bonds is 3. The van der Waals surface area contributed by atoms with Crippen LogP contribution in [0.4, 0.5) is 0 Å². The summed E-state index contributed by atoms with van der Waals surface area (Å²) in [6.07, 6.45) is 1.53. The van der Waals surface area contributed by atoms with Crippen molar-refractivity contribution >= 4 is 23.5 Å². The van der Waals surface area contributed by atoms with Crippen molar-refractivity contribution in [3.8, 4) is 0 Å². The predicted octanol–water partition coefficient (Wildman–Crippen LogP) is 2.35. The highest BCUT2D eigenvalue weighted by Crippen LogP contribution is 2.21. The molecule has 1 fully saturated rings. The second-order valence-corrected chi connectivity index (χ2v) is 4.82. The number of hydrogen-bond donors (Lipinski definition) is 0. The Morgan fingerprint density at radius 1 is 1.53 bits per heavy atom. The molecule has 0 aromatic carbocycles. The van der Waals surface area contributed by atoms with Gasteiger partial charge in [-0.1, -0.05) is 0 Å². The molecule has 1 amide bonds. The lowest BCUT2D eigenvalue weighted by Crippen LogP contribution is -2.42. The Hall–Kier alpha value is -1.49. The van der Waals surface area contributed by atoms with Crippen molar-refractivity contribution in [1.82, 2.24) is 4.90 Å². The van der Waals surface area contributed by atoms with Crippen LogP contribution in [0, 0.1) is 5.92 Å². The normalized spacial score (nSPS) is 19.3. The van der Waals surface area contributed by atoms with Crippen LogP contribution in [0.3, 0.4) is 0 Å². The van der Waals surface area contributed by atoms with Gasteiger partial charge in [0.2, 0.25) is 0 Å². The van der Waals surface area contributed by atoms with E-state index in [9.17, 15) is 9.59 Å². The number of esters is 1. The van der Waals surface area contributed by atoms with Gasteiger partial charge in [0.25, 0.3) is 5.91 Å². The maximum Gasteiger partial charge on any atom is 0.310 e. The van der Waals surface area contributed by atoms with Gasteiger partial charge in [0.05, 0.1) is 12.5 Å². The lowest BCUT2D eigenvalue weighted by molar-refractivity contribution is -0.149. The molecule has 2 rings (SSSR count). The molecule has 6 heteroatoms. The molecule has 2 heterocycles. The first-order valence-corrected chi connectivity index (χ1v) is 6.71. The summed E-state index contributed by atoms with van der Waals surface area (Å²) in [7, 11) is 0. The van der Waals surface area contributed by atoms with Crippen molar-refractivity contribution < 1.29 is 18.7 Å². The first kappa shape index (κ1) is 13.9. The molecule has 0 saturated carbocycles. The molecule has 0 aliphatic carbocycles. The van der Waals surface area contributed by atoms with E-state index in [0.29, 0.717) is 19.7 Å². The fourth-order valence-corrected chi connectivity index (χ4v) is 2.35. The van der Waals surface area contributed by atoms with E-state index in [1.807, 2.05) is 0 Å². The summed E-state index contributed by atoms with van der Waals surface area (Å²) in [5, 5.41) is 0.183. The molecule has 0 spiro atoms. The fourth-order valence-electron chi connectivity index (χ4n) is 2.20. The molecule has 1 saturated heterocycles.